The summed E-state index contributed by atoms with van der Waals surface area (Å²) in [6.07, 6.45) is 0.729. The van der Waals surface area contributed by atoms with Gasteiger partial charge in [-0.25, -0.2) is 4.79 Å². The minimum Gasteiger partial charge on any atom is -0.479 e. The normalized spacial score (nSPS) is 15.3. The van der Waals surface area contributed by atoms with E-state index in [2.05, 4.69) is 5.32 Å². The Morgan fingerprint density at radius 2 is 1.72 bits per heavy atom. The lowest BCUT2D eigenvalue weighted by atomic mass is 10.1. The molecule has 1 rings (SSSR count). The Balaban J connectivity index is 2.74. The van der Waals surface area contributed by atoms with Gasteiger partial charge >= 0.3 is 13.6 Å². The molecule has 164 valence electrons. The summed E-state index contributed by atoms with van der Waals surface area (Å²) in [5, 5.41) is 11.8. The molecule has 29 heavy (non-hydrogen) atoms. The van der Waals surface area contributed by atoms with E-state index in [9.17, 15) is 24.2 Å². The Morgan fingerprint density at radius 3 is 2.31 bits per heavy atom. The van der Waals surface area contributed by atoms with Crippen molar-refractivity contribution in [3.8, 4) is 0 Å². The smallest absolute Gasteiger partial charge is 0.351 e. The highest BCUT2D eigenvalue weighted by Gasteiger charge is 2.37. The molecular weight excluding hydrogens is 397 g/mol. The molecule has 0 radical (unpaired) electrons. The van der Waals surface area contributed by atoms with Crippen LogP contribution in [-0.2, 0) is 25.1 Å². The fraction of sp³-hybridized carbons (Fsp3) is 0.579. The zero-order valence-electron chi connectivity index (χ0n) is 16.5. The average molecular weight is 429 g/mol. The molecule has 0 saturated carbocycles. The first-order chi connectivity index (χ1) is 13.8. The number of carboxylic acid groups (broad SMARTS) is 1. The fourth-order valence-corrected chi connectivity index (χ4v) is 4.26. The number of amides is 1. The molecule has 3 atom stereocenters. The van der Waals surface area contributed by atoms with Gasteiger partial charge in [-0.2, -0.15) is 0 Å². The van der Waals surface area contributed by atoms with Gasteiger partial charge in [-0.15, -0.1) is 0 Å². The van der Waals surface area contributed by atoms with Crippen LogP contribution in [0.15, 0.2) is 30.3 Å². The van der Waals surface area contributed by atoms with Crippen LogP contribution in [0, 0.1) is 0 Å². The van der Waals surface area contributed by atoms with Gasteiger partial charge in [-0.05, 0) is 57.2 Å². The first-order valence-corrected chi connectivity index (χ1v) is 11.4. The van der Waals surface area contributed by atoms with E-state index in [0.29, 0.717) is 32.2 Å². The number of aryl methyl sites for hydroxylation is 1. The molecule has 0 heterocycles. The van der Waals surface area contributed by atoms with Crippen LogP contribution < -0.4 is 16.8 Å². The van der Waals surface area contributed by atoms with Crippen molar-refractivity contribution >= 4 is 19.5 Å². The van der Waals surface area contributed by atoms with E-state index in [1.54, 1.807) is 0 Å². The summed E-state index contributed by atoms with van der Waals surface area (Å²) in [4.78, 5) is 34.1. The van der Waals surface area contributed by atoms with Crippen LogP contribution in [0.25, 0.3) is 0 Å². The molecular formula is C19H32N3O6P. The summed E-state index contributed by atoms with van der Waals surface area (Å²) in [6, 6.07) is 9.38. The number of unbranched alkanes of at least 4 members (excludes halogenated alkanes) is 1. The molecule has 0 spiro atoms. The number of hydrogen-bond acceptors (Lipinski definition) is 6. The zero-order chi connectivity index (χ0) is 21.7. The molecule has 0 saturated heterocycles. The van der Waals surface area contributed by atoms with Crippen LogP contribution >= 0.6 is 7.60 Å². The van der Waals surface area contributed by atoms with Crippen LogP contribution in [0.4, 0.5) is 0 Å². The summed E-state index contributed by atoms with van der Waals surface area (Å²) < 4.78 is 17.9. The highest BCUT2D eigenvalue weighted by atomic mass is 31.2. The number of aliphatic carboxylic acids is 1. The Bertz CT molecular complexity index is 673. The van der Waals surface area contributed by atoms with Gasteiger partial charge in [0.05, 0.1) is 0 Å². The Morgan fingerprint density at radius 1 is 1.07 bits per heavy atom. The van der Waals surface area contributed by atoms with Gasteiger partial charge in [0.2, 0.25) is 5.91 Å². The minimum atomic E-state index is -4.44. The van der Waals surface area contributed by atoms with Crippen molar-refractivity contribution in [1.29, 1.82) is 0 Å². The first kappa shape index (κ1) is 25.3. The Kier molecular flexibility index (Phi) is 11.7. The van der Waals surface area contributed by atoms with Crippen LogP contribution in [0.1, 0.15) is 44.1 Å². The second-order valence-electron chi connectivity index (χ2n) is 6.78. The standard InChI is InChI=1S/C19H32N3O6P/c20-13-5-4-9-16(19(24)25)28-29(26,27)18(10-6-14-21)22-17(23)12-11-15-7-2-1-3-8-15/h1-3,7-8,16,18H,4-6,9-14,20-21H2,(H,22,23)(H,24,25)(H,26,27)/t16?,18-/m0/s1. The van der Waals surface area contributed by atoms with Gasteiger partial charge in [-0.1, -0.05) is 30.3 Å². The molecule has 0 aromatic heterocycles. The van der Waals surface area contributed by atoms with Crippen molar-refractivity contribution in [1.82, 2.24) is 5.32 Å². The topological polar surface area (TPSA) is 165 Å². The maximum atomic E-state index is 12.8. The largest absolute Gasteiger partial charge is 0.479 e. The third kappa shape index (κ3) is 10.0. The van der Waals surface area contributed by atoms with Gasteiger partial charge < -0.3 is 26.8 Å². The van der Waals surface area contributed by atoms with Crippen molar-refractivity contribution in [2.45, 2.75) is 56.8 Å². The van der Waals surface area contributed by atoms with Gasteiger partial charge in [0.1, 0.15) is 5.78 Å². The molecule has 1 aromatic rings. The number of carbonyl (C=O) groups is 2. The summed E-state index contributed by atoms with van der Waals surface area (Å²) in [7, 11) is -4.44. The number of carboxylic acids is 1. The maximum absolute atomic E-state index is 12.8. The SMILES string of the molecule is NCCCCC(OP(=O)(O)[C@@H](CCCN)NC(=O)CCc1ccccc1)C(=O)O. The minimum absolute atomic E-state index is 0.0582. The van der Waals surface area contributed by atoms with Crippen molar-refractivity contribution in [2.75, 3.05) is 13.1 Å². The molecule has 1 aromatic carbocycles. The van der Waals surface area contributed by atoms with Crippen molar-refractivity contribution < 1.29 is 28.7 Å². The summed E-state index contributed by atoms with van der Waals surface area (Å²) >= 11 is 0. The number of nitrogens with one attached hydrogen (secondary N) is 1. The van der Waals surface area contributed by atoms with Gasteiger partial charge in [-0.3, -0.25) is 13.9 Å². The third-order valence-electron chi connectivity index (χ3n) is 4.36. The Hall–Kier alpha value is -1.77. The monoisotopic (exact) mass is 429 g/mol. The van der Waals surface area contributed by atoms with E-state index in [0.717, 1.165) is 5.56 Å². The lowest BCUT2D eigenvalue weighted by Crippen LogP contribution is -2.37. The zero-order valence-corrected chi connectivity index (χ0v) is 17.4. The van der Waals surface area contributed by atoms with E-state index < -0.39 is 31.4 Å². The fourth-order valence-electron chi connectivity index (χ4n) is 2.74. The first-order valence-electron chi connectivity index (χ1n) is 9.77. The van der Waals surface area contributed by atoms with Crippen LogP contribution in [0.5, 0.6) is 0 Å². The second-order valence-corrected chi connectivity index (χ2v) is 8.74. The van der Waals surface area contributed by atoms with E-state index >= 15 is 0 Å². The van der Waals surface area contributed by atoms with Crippen LogP contribution in [0.2, 0.25) is 0 Å². The van der Waals surface area contributed by atoms with Crippen molar-refractivity contribution in [3.05, 3.63) is 35.9 Å². The quantitative estimate of drug-likeness (QED) is 0.207. The lowest BCUT2D eigenvalue weighted by molar-refractivity contribution is -0.145. The number of benzene rings is 1. The second kappa shape index (κ2) is 13.5. The number of hydrogen-bond donors (Lipinski definition) is 5. The van der Waals surface area contributed by atoms with E-state index in [-0.39, 0.29) is 25.8 Å². The molecule has 2 unspecified atom stereocenters. The van der Waals surface area contributed by atoms with Gasteiger partial charge in [0.15, 0.2) is 6.10 Å². The molecule has 7 N–H and O–H groups in total. The third-order valence-corrected chi connectivity index (χ3v) is 6.09. The average Bonchev–Trinajstić information content (AvgIpc) is 2.69. The predicted octanol–water partition coefficient (Wildman–Crippen LogP) is 1.58. The Labute approximate surface area is 171 Å². The number of rotatable bonds is 15. The molecule has 0 aliphatic heterocycles. The van der Waals surface area contributed by atoms with Gasteiger partial charge in [0, 0.05) is 6.42 Å². The van der Waals surface area contributed by atoms with Crippen LogP contribution in [0.3, 0.4) is 0 Å². The maximum Gasteiger partial charge on any atom is 0.351 e. The predicted molar refractivity (Wildman–Crippen MR) is 110 cm³/mol. The van der Waals surface area contributed by atoms with Gasteiger partial charge in [0.25, 0.3) is 0 Å². The van der Waals surface area contributed by atoms with E-state index in [4.69, 9.17) is 16.0 Å². The molecule has 0 aliphatic rings. The molecule has 1 amide bonds. The lowest BCUT2D eigenvalue weighted by Gasteiger charge is -2.26. The number of carbonyl (C=O) groups excluding carboxylic acids is 1. The summed E-state index contributed by atoms with van der Waals surface area (Å²) in [5.41, 5.74) is 11.8. The molecule has 0 bridgehead atoms. The highest BCUT2D eigenvalue weighted by molar-refractivity contribution is 7.53. The van der Waals surface area contributed by atoms with Crippen molar-refractivity contribution in [3.63, 3.8) is 0 Å². The molecule has 9 nitrogen and oxygen atoms in total. The van der Waals surface area contributed by atoms with E-state index in [1.165, 1.54) is 0 Å². The van der Waals surface area contributed by atoms with E-state index in [1.807, 2.05) is 30.3 Å². The summed E-state index contributed by atoms with van der Waals surface area (Å²) in [6.45, 7) is 0.648. The van der Waals surface area contributed by atoms with Crippen molar-refractivity contribution in [2.24, 2.45) is 11.5 Å². The molecule has 10 heteroatoms. The molecule has 0 aliphatic carbocycles. The number of nitrogens with two attached hydrogens (primary N) is 2. The summed E-state index contributed by atoms with van der Waals surface area (Å²) in [5.74, 6) is -2.96. The van der Waals surface area contributed by atoms with Crippen LogP contribution in [-0.4, -0.2) is 46.9 Å². The molecule has 0 fully saturated rings. The highest BCUT2D eigenvalue weighted by Crippen LogP contribution is 2.49.